The number of carboxylic acids is 1. The predicted molar refractivity (Wildman–Crippen MR) is 182 cm³/mol. The third-order valence-electron chi connectivity index (χ3n) is 8.31. The van der Waals surface area contributed by atoms with Gasteiger partial charge in [0.25, 0.3) is 5.91 Å². The molecule has 4 rings (SSSR count). The number of halogens is 1. The van der Waals surface area contributed by atoms with Crippen LogP contribution in [0.2, 0.25) is 0 Å². The van der Waals surface area contributed by atoms with Crippen LogP contribution in [0.15, 0.2) is 70.8 Å². The normalized spacial score (nSPS) is 15.8. The molecule has 0 bridgehead atoms. The van der Waals surface area contributed by atoms with Gasteiger partial charge in [0.15, 0.2) is 0 Å². The molecule has 0 fully saturated rings. The van der Waals surface area contributed by atoms with E-state index in [9.17, 15) is 14.7 Å². The van der Waals surface area contributed by atoms with Crippen molar-refractivity contribution in [2.45, 2.75) is 44.9 Å². The van der Waals surface area contributed by atoms with Crippen LogP contribution >= 0.6 is 11.6 Å². The first-order valence-electron chi connectivity index (χ1n) is 15.5. The number of carboxylic acid groups (broad SMARTS) is 1. The number of carbonyl (C=O) groups is 2. The lowest BCUT2D eigenvalue weighted by Gasteiger charge is -2.39. The Kier molecular flexibility index (Phi) is 12.2. The molecule has 240 valence electrons. The van der Waals surface area contributed by atoms with Crippen molar-refractivity contribution >= 4 is 40.4 Å². The molecule has 0 spiro atoms. The van der Waals surface area contributed by atoms with Crippen LogP contribution in [0.3, 0.4) is 0 Å². The number of nitrogens with zero attached hydrogens (tertiary/aromatic N) is 1. The summed E-state index contributed by atoms with van der Waals surface area (Å²) in [7, 11) is 3.63. The molecule has 0 saturated carbocycles. The number of carbonyl (C=O) groups excluding carboxylic acids is 1. The zero-order valence-corrected chi connectivity index (χ0v) is 27.4. The fraction of sp³-hybridized carbons (Fsp3) is 0.417. The summed E-state index contributed by atoms with van der Waals surface area (Å²) in [6.45, 7) is 6.66. The van der Waals surface area contributed by atoms with Crippen LogP contribution in [0.4, 0.5) is 5.69 Å². The van der Waals surface area contributed by atoms with E-state index in [0.29, 0.717) is 50.0 Å². The Bertz CT molecular complexity index is 1520. The third kappa shape index (κ3) is 8.12. The maximum atomic E-state index is 13.2. The van der Waals surface area contributed by atoms with Gasteiger partial charge in [-0.3, -0.25) is 9.79 Å². The molecular formula is C36H44ClN3O5. The Labute approximate surface area is 271 Å². The third-order valence-corrected chi connectivity index (χ3v) is 8.58. The number of ether oxygens (including phenoxy) is 2. The number of amides is 1. The van der Waals surface area contributed by atoms with E-state index in [1.165, 1.54) is 6.07 Å². The van der Waals surface area contributed by atoms with Crippen molar-refractivity contribution in [1.82, 2.24) is 5.32 Å². The molecule has 0 aliphatic heterocycles. The second-order valence-corrected chi connectivity index (χ2v) is 12.0. The molecule has 9 heteroatoms. The van der Waals surface area contributed by atoms with Gasteiger partial charge in [-0.2, -0.15) is 0 Å². The number of benzene rings is 2. The van der Waals surface area contributed by atoms with E-state index in [4.69, 9.17) is 21.1 Å². The minimum absolute atomic E-state index is 0.127. The highest BCUT2D eigenvalue weighted by atomic mass is 35.5. The van der Waals surface area contributed by atoms with Crippen LogP contribution in [-0.4, -0.2) is 75.6 Å². The van der Waals surface area contributed by atoms with E-state index < -0.39 is 5.97 Å². The number of aromatic carboxylic acids is 1. The van der Waals surface area contributed by atoms with Crippen molar-refractivity contribution < 1.29 is 24.2 Å². The average Bonchev–Trinajstić information content (AvgIpc) is 3.04. The van der Waals surface area contributed by atoms with Crippen molar-refractivity contribution in [3.8, 4) is 0 Å². The monoisotopic (exact) mass is 633 g/mol. The maximum absolute atomic E-state index is 13.2. The van der Waals surface area contributed by atoms with Gasteiger partial charge in [0.05, 0.1) is 31.1 Å². The van der Waals surface area contributed by atoms with E-state index in [0.717, 1.165) is 64.9 Å². The van der Waals surface area contributed by atoms with Crippen molar-refractivity contribution in [2.24, 2.45) is 4.99 Å². The van der Waals surface area contributed by atoms with Crippen molar-refractivity contribution in [3.05, 3.63) is 93.6 Å². The summed E-state index contributed by atoms with van der Waals surface area (Å²) in [6.07, 6.45) is 10.3. The number of hydrogen-bond donors (Lipinski definition) is 3. The SMILES string of the molecule is CN=C1C=CC2=C(c3cc(C(=O)NCCOCCOCCCCCCCl)ccc3C(=O)O)c3ccc(NC)cc3C(C)(C)C2=C1. The molecule has 2 aliphatic rings. The molecule has 3 N–H and O–H groups in total. The first-order chi connectivity index (χ1) is 21.7. The number of nitrogens with one attached hydrogen (secondary N) is 2. The van der Waals surface area contributed by atoms with Crippen LogP contribution < -0.4 is 10.6 Å². The molecule has 0 atom stereocenters. The minimum atomic E-state index is -1.06. The van der Waals surface area contributed by atoms with Gasteiger partial charge < -0.3 is 25.2 Å². The van der Waals surface area contributed by atoms with Gasteiger partial charge in [-0.25, -0.2) is 4.79 Å². The highest BCUT2D eigenvalue weighted by Gasteiger charge is 2.38. The Morgan fingerprint density at radius 2 is 1.69 bits per heavy atom. The quantitative estimate of drug-likeness (QED) is 0.141. The molecule has 1 amide bonds. The van der Waals surface area contributed by atoms with Crippen molar-refractivity contribution in [1.29, 1.82) is 0 Å². The van der Waals surface area contributed by atoms with Crippen LogP contribution in [-0.2, 0) is 14.9 Å². The highest BCUT2D eigenvalue weighted by molar-refractivity contribution is 6.17. The number of rotatable bonds is 16. The lowest BCUT2D eigenvalue weighted by molar-refractivity contribution is 0.0468. The molecule has 2 aromatic rings. The summed E-state index contributed by atoms with van der Waals surface area (Å²) in [6, 6.07) is 10.9. The van der Waals surface area contributed by atoms with E-state index in [1.54, 1.807) is 19.2 Å². The number of unbranched alkanes of at least 4 members (excludes halogenated alkanes) is 3. The molecule has 0 heterocycles. The van der Waals surface area contributed by atoms with Gasteiger partial charge >= 0.3 is 5.97 Å². The lowest BCUT2D eigenvalue weighted by Crippen LogP contribution is -2.30. The molecule has 0 saturated heterocycles. The molecule has 2 aliphatic carbocycles. The summed E-state index contributed by atoms with van der Waals surface area (Å²) in [5.74, 6) is -0.654. The molecule has 8 nitrogen and oxygen atoms in total. The Balaban J connectivity index is 1.54. The summed E-state index contributed by atoms with van der Waals surface area (Å²) in [4.78, 5) is 30.1. The number of alkyl halides is 1. The number of allylic oxidation sites excluding steroid dienone is 5. The first kappa shape index (κ1) is 34.2. The van der Waals surface area contributed by atoms with Crippen molar-refractivity contribution in [2.75, 3.05) is 58.3 Å². The number of fused-ring (bicyclic) bond motifs is 2. The average molecular weight is 634 g/mol. The van der Waals surface area contributed by atoms with Gasteiger partial charge in [-0.05, 0) is 88.7 Å². The van der Waals surface area contributed by atoms with Gasteiger partial charge in [-0.1, -0.05) is 38.8 Å². The second-order valence-electron chi connectivity index (χ2n) is 11.6. The molecule has 45 heavy (non-hydrogen) atoms. The maximum Gasteiger partial charge on any atom is 0.336 e. The van der Waals surface area contributed by atoms with Crippen LogP contribution in [0.1, 0.15) is 76.9 Å². The van der Waals surface area contributed by atoms with Crippen LogP contribution in [0.25, 0.3) is 5.57 Å². The highest BCUT2D eigenvalue weighted by Crippen LogP contribution is 2.50. The summed E-state index contributed by atoms with van der Waals surface area (Å²) < 4.78 is 11.2. The van der Waals surface area contributed by atoms with E-state index in [2.05, 4.69) is 41.6 Å². The van der Waals surface area contributed by atoms with E-state index in [1.807, 2.05) is 31.3 Å². The van der Waals surface area contributed by atoms with Gasteiger partial charge in [-0.15, -0.1) is 11.6 Å². The van der Waals surface area contributed by atoms with Gasteiger partial charge in [0.2, 0.25) is 0 Å². The molecular weight excluding hydrogens is 590 g/mol. The lowest BCUT2D eigenvalue weighted by atomic mass is 9.64. The summed E-state index contributed by atoms with van der Waals surface area (Å²) >= 11 is 5.69. The number of anilines is 1. The predicted octanol–water partition coefficient (Wildman–Crippen LogP) is 6.65. The Morgan fingerprint density at radius 3 is 2.40 bits per heavy atom. The zero-order valence-electron chi connectivity index (χ0n) is 26.7. The largest absolute Gasteiger partial charge is 0.478 e. The first-order valence-corrected chi connectivity index (χ1v) is 16.1. The zero-order chi connectivity index (χ0) is 32.4. The fourth-order valence-electron chi connectivity index (χ4n) is 5.81. The summed E-state index contributed by atoms with van der Waals surface area (Å²) in [5, 5.41) is 16.4. The minimum Gasteiger partial charge on any atom is -0.478 e. The molecule has 0 radical (unpaired) electrons. The van der Waals surface area contributed by atoms with E-state index >= 15 is 0 Å². The molecule has 2 aromatic carbocycles. The van der Waals surface area contributed by atoms with Gasteiger partial charge in [0, 0.05) is 49.8 Å². The number of aliphatic imine (C=N–C) groups is 1. The van der Waals surface area contributed by atoms with Crippen LogP contribution in [0, 0.1) is 0 Å². The van der Waals surface area contributed by atoms with Crippen molar-refractivity contribution in [3.63, 3.8) is 0 Å². The summed E-state index contributed by atoms with van der Waals surface area (Å²) in [5.41, 5.74) is 7.14. The van der Waals surface area contributed by atoms with Crippen LogP contribution in [0.5, 0.6) is 0 Å². The Morgan fingerprint density at radius 1 is 0.933 bits per heavy atom. The number of hydrogen-bond acceptors (Lipinski definition) is 6. The molecule has 0 aromatic heterocycles. The Hall–Kier alpha value is -3.72. The van der Waals surface area contributed by atoms with E-state index in [-0.39, 0.29) is 16.9 Å². The second kappa shape index (κ2) is 16.0. The molecule has 0 unspecified atom stereocenters. The topological polar surface area (TPSA) is 109 Å². The fourth-order valence-corrected chi connectivity index (χ4v) is 6.00. The van der Waals surface area contributed by atoms with Gasteiger partial charge in [0.1, 0.15) is 0 Å². The standard InChI is InChI=1S/C36H44ClN3O5/c1-36(2)31-22-25(38-3)10-13-28(31)33(29-14-11-26(39-4)23-32(29)36)30-21-24(9-12-27(30)35(42)43)34(41)40-16-18-45-20-19-44-17-8-6-5-7-15-37/h9-14,21-23,38H,5-8,15-20H2,1-4H3,(H,40,41)(H,42,43). The smallest absolute Gasteiger partial charge is 0.336 e.